The van der Waals surface area contributed by atoms with Crippen molar-refractivity contribution in [1.29, 1.82) is 5.26 Å². The van der Waals surface area contributed by atoms with Crippen LogP contribution in [0.1, 0.15) is 51.0 Å². The summed E-state index contributed by atoms with van der Waals surface area (Å²) in [6, 6.07) is 9.14. The number of hydrogen-bond acceptors (Lipinski definition) is 3. The van der Waals surface area contributed by atoms with Gasteiger partial charge in [-0.1, -0.05) is 19.1 Å². The van der Waals surface area contributed by atoms with Crippen LogP contribution in [0.5, 0.6) is 5.75 Å². The molecule has 1 aliphatic carbocycles. The molecule has 4 heteroatoms. The maximum Gasteiger partial charge on any atom is 0.314 e. The van der Waals surface area contributed by atoms with Gasteiger partial charge in [0, 0.05) is 0 Å². The maximum atomic E-state index is 12.7. The van der Waals surface area contributed by atoms with Crippen molar-refractivity contribution in [3.8, 4) is 11.8 Å². The number of ether oxygens (including phenoxy) is 1. The molecule has 1 saturated carbocycles. The lowest BCUT2D eigenvalue weighted by Gasteiger charge is -2.26. The fraction of sp³-hybridized carbons (Fsp3) is 0.500. The molecule has 0 amide bonds. The van der Waals surface area contributed by atoms with E-state index in [0.717, 1.165) is 38.5 Å². The van der Waals surface area contributed by atoms with Gasteiger partial charge in [-0.15, -0.1) is 0 Å². The van der Waals surface area contributed by atoms with E-state index >= 15 is 0 Å². The van der Waals surface area contributed by atoms with Crippen LogP contribution in [0.4, 0.5) is 4.39 Å². The van der Waals surface area contributed by atoms with E-state index in [9.17, 15) is 9.18 Å². The standard InChI is InChI=1S/C20H24FNO2/c1-2-15-8-12-19(13-9-15)24-20(23)17-10-6-16(7-11-17)4-3-5-18(21)14-22/h5,8-9,12-13,16-17H,2-4,6-7,10-11H2,1H3/t16-,17-. The first-order valence-electron chi connectivity index (χ1n) is 8.68. The van der Waals surface area contributed by atoms with Crippen LogP contribution in [0.3, 0.4) is 0 Å². The number of benzene rings is 1. The van der Waals surface area contributed by atoms with Crippen LogP contribution in [0, 0.1) is 23.2 Å². The minimum Gasteiger partial charge on any atom is -0.426 e. The molecular formula is C20H24FNO2. The van der Waals surface area contributed by atoms with Crippen LogP contribution in [0.2, 0.25) is 0 Å². The van der Waals surface area contributed by atoms with Crippen LogP contribution in [0.25, 0.3) is 0 Å². The number of aryl methyl sites for hydroxylation is 1. The molecule has 0 radical (unpaired) electrons. The number of nitrogens with zero attached hydrogens (tertiary/aromatic N) is 1. The maximum absolute atomic E-state index is 12.7. The van der Waals surface area contributed by atoms with Crippen molar-refractivity contribution in [2.24, 2.45) is 11.8 Å². The normalized spacial score (nSPS) is 21.1. The quantitative estimate of drug-likeness (QED) is 0.413. The Kier molecular flexibility index (Phi) is 6.99. The Bertz CT molecular complexity index is 608. The first-order valence-corrected chi connectivity index (χ1v) is 8.68. The van der Waals surface area contributed by atoms with Crippen molar-refractivity contribution in [3.05, 3.63) is 41.7 Å². The van der Waals surface area contributed by atoms with Crippen molar-refractivity contribution in [3.63, 3.8) is 0 Å². The Balaban J connectivity index is 1.75. The van der Waals surface area contributed by atoms with Gasteiger partial charge in [0.2, 0.25) is 0 Å². The van der Waals surface area contributed by atoms with Crippen molar-refractivity contribution in [2.75, 3.05) is 0 Å². The largest absolute Gasteiger partial charge is 0.426 e. The average Bonchev–Trinajstić information content (AvgIpc) is 2.62. The second-order valence-electron chi connectivity index (χ2n) is 6.38. The van der Waals surface area contributed by atoms with Gasteiger partial charge in [-0.05, 0) is 74.6 Å². The first kappa shape index (κ1) is 18.2. The number of carbonyl (C=O) groups is 1. The van der Waals surface area contributed by atoms with Gasteiger partial charge in [-0.2, -0.15) is 9.65 Å². The summed E-state index contributed by atoms with van der Waals surface area (Å²) in [6.45, 7) is 2.09. The lowest BCUT2D eigenvalue weighted by Crippen LogP contribution is -2.25. The third-order valence-corrected chi connectivity index (χ3v) is 4.74. The van der Waals surface area contributed by atoms with Crippen LogP contribution >= 0.6 is 0 Å². The molecule has 0 atom stereocenters. The van der Waals surface area contributed by atoms with Crippen molar-refractivity contribution >= 4 is 5.97 Å². The highest BCUT2D eigenvalue weighted by molar-refractivity contribution is 5.75. The fourth-order valence-corrected chi connectivity index (χ4v) is 3.17. The number of halogens is 1. The molecule has 0 bridgehead atoms. The Labute approximate surface area is 143 Å². The Morgan fingerprint density at radius 2 is 1.96 bits per heavy atom. The highest BCUT2D eigenvalue weighted by atomic mass is 19.1. The molecule has 0 unspecified atom stereocenters. The predicted molar refractivity (Wildman–Crippen MR) is 90.9 cm³/mol. The minimum absolute atomic E-state index is 0.0431. The second kappa shape index (κ2) is 9.22. The number of hydrogen-bond donors (Lipinski definition) is 0. The van der Waals surface area contributed by atoms with Gasteiger partial charge >= 0.3 is 5.97 Å². The zero-order valence-electron chi connectivity index (χ0n) is 14.1. The van der Waals surface area contributed by atoms with Crippen LogP contribution in [-0.4, -0.2) is 5.97 Å². The number of nitriles is 1. The van der Waals surface area contributed by atoms with Gasteiger partial charge in [0.15, 0.2) is 5.83 Å². The van der Waals surface area contributed by atoms with Gasteiger partial charge in [-0.3, -0.25) is 4.79 Å². The summed E-state index contributed by atoms with van der Waals surface area (Å²) in [7, 11) is 0. The molecule has 0 N–H and O–H groups in total. The summed E-state index contributed by atoms with van der Waals surface area (Å²) in [6.07, 6.45) is 7.32. The monoisotopic (exact) mass is 329 g/mol. The first-order chi connectivity index (χ1) is 11.6. The summed E-state index contributed by atoms with van der Waals surface area (Å²) in [4.78, 5) is 12.3. The Morgan fingerprint density at radius 1 is 1.29 bits per heavy atom. The smallest absolute Gasteiger partial charge is 0.314 e. The Hall–Kier alpha value is -2.15. The van der Waals surface area contributed by atoms with Gasteiger partial charge in [-0.25, -0.2) is 0 Å². The van der Waals surface area contributed by atoms with Gasteiger partial charge in [0.25, 0.3) is 0 Å². The number of allylic oxidation sites excluding steroid dienone is 2. The van der Waals surface area contributed by atoms with E-state index in [1.165, 1.54) is 17.7 Å². The molecule has 1 aromatic rings. The highest BCUT2D eigenvalue weighted by Gasteiger charge is 2.27. The van der Waals surface area contributed by atoms with E-state index in [0.29, 0.717) is 18.1 Å². The van der Waals surface area contributed by atoms with Crippen molar-refractivity contribution in [1.82, 2.24) is 0 Å². The zero-order chi connectivity index (χ0) is 17.4. The van der Waals surface area contributed by atoms with E-state index in [2.05, 4.69) is 6.92 Å². The second-order valence-corrected chi connectivity index (χ2v) is 6.38. The average molecular weight is 329 g/mol. The van der Waals surface area contributed by atoms with Crippen molar-refractivity contribution < 1.29 is 13.9 Å². The van der Waals surface area contributed by atoms with Gasteiger partial charge in [0.05, 0.1) is 5.92 Å². The van der Waals surface area contributed by atoms with Gasteiger partial charge < -0.3 is 4.74 Å². The lowest BCUT2D eigenvalue weighted by molar-refractivity contribution is -0.140. The van der Waals surface area contributed by atoms with Crippen LogP contribution < -0.4 is 4.74 Å². The molecule has 1 aliphatic rings. The molecule has 0 aromatic heterocycles. The van der Waals surface area contributed by atoms with Crippen molar-refractivity contribution in [2.45, 2.75) is 51.9 Å². The van der Waals surface area contributed by atoms with E-state index in [1.54, 1.807) is 0 Å². The molecule has 0 aliphatic heterocycles. The molecule has 1 aromatic carbocycles. The summed E-state index contributed by atoms with van der Waals surface area (Å²) in [5.74, 6) is 0.213. The van der Waals surface area contributed by atoms with E-state index in [1.807, 2.05) is 24.3 Å². The zero-order valence-corrected chi connectivity index (χ0v) is 14.1. The number of rotatable bonds is 6. The van der Waals surface area contributed by atoms with E-state index in [-0.39, 0.29) is 11.9 Å². The molecule has 0 saturated heterocycles. The van der Waals surface area contributed by atoms with Crippen LogP contribution in [0.15, 0.2) is 36.2 Å². The molecule has 128 valence electrons. The SMILES string of the molecule is CCc1ccc(OC(=O)[C@H]2CC[C@H](CCC=C(F)C#N)CC2)cc1. The number of esters is 1. The van der Waals surface area contributed by atoms with Crippen LogP contribution in [-0.2, 0) is 11.2 Å². The molecule has 0 heterocycles. The summed E-state index contributed by atoms with van der Waals surface area (Å²) >= 11 is 0. The third kappa shape index (κ3) is 5.49. The third-order valence-electron chi connectivity index (χ3n) is 4.74. The summed E-state index contributed by atoms with van der Waals surface area (Å²) in [5.41, 5.74) is 1.22. The molecule has 24 heavy (non-hydrogen) atoms. The summed E-state index contributed by atoms with van der Waals surface area (Å²) < 4.78 is 18.2. The molecule has 0 spiro atoms. The minimum atomic E-state index is -0.707. The van der Waals surface area contributed by atoms with E-state index in [4.69, 9.17) is 10.00 Å². The Morgan fingerprint density at radius 3 is 2.54 bits per heavy atom. The molecule has 3 nitrogen and oxygen atoms in total. The molecule has 2 rings (SSSR count). The van der Waals surface area contributed by atoms with Gasteiger partial charge in [0.1, 0.15) is 11.8 Å². The summed E-state index contributed by atoms with van der Waals surface area (Å²) in [5, 5.41) is 8.37. The van der Waals surface area contributed by atoms with E-state index < -0.39 is 5.83 Å². The molecular weight excluding hydrogens is 305 g/mol. The number of carbonyl (C=O) groups excluding carboxylic acids is 1. The molecule has 1 fully saturated rings. The predicted octanol–water partition coefficient (Wildman–Crippen LogP) is 5.12. The fourth-order valence-electron chi connectivity index (χ4n) is 3.17. The highest BCUT2D eigenvalue weighted by Crippen LogP contribution is 2.32. The topological polar surface area (TPSA) is 50.1 Å². The lowest BCUT2D eigenvalue weighted by atomic mass is 9.80.